The molecule has 0 heterocycles. The molecule has 0 saturated heterocycles. The SMILES string of the molecule is CC(N(C)CC1CC(C(C)(C)C)CCC1N)C(C)(C)C. The van der Waals surface area contributed by atoms with E-state index in [4.69, 9.17) is 5.73 Å². The third-order valence-corrected chi connectivity index (χ3v) is 5.70. The molecular weight excluding hydrogens is 244 g/mol. The van der Waals surface area contributed by atoms with Gasteiger partial charge in [0.15, 0.2) is 0 Å². The molecule has 0 spiro atoms. The second-order valence-corrected chi connectivity index (χ2v) is 9.28. The largest absolute Gasteiger partial charge is 0.327 e. The van der Waals surface area contributed by atoms with Gasteiger partial charge in [-0.1, -0.05) is 41.5 Å². The van der Waals surface area contributed by atoms with E-state index in [-0.39, 0.29) is 0 Å². The summed E-state index contributed by atoms with van der Waals surface area (Å²) in [6.07, 6.45) is 3.80. The number of nitrogens with zero attached hydrogens (tertiary/aromatic N) is 1. The Kier molecular flexibility index (Phi) is 5.71. The first-order valence-electron chi connectivity index (χ1n) is 8.38. The lowest BCUT2D eigenvalue weighted by Crippen LogP contribution is -2.48. The predicted molar refractivity (Wildman–Crippen MR) is 89.8 cm³/mol. The fraction of sp³-hybridized carbons (Fsp3) is 1.00. The van der Waals surface area contributed by atoms with Crippen molar-refractivity contribution in [2.45, 2.75) is 79.8 Å². The van der Waals surface area contributed by atoms with Crippen molar-refractivity contribution in [3.8, 4) is 0 Å². The van der Waals surface area contributed by atoms with Crippen molar-refractivity contribution in [2.75, 3.05) is 13.6 Å². The van der Waals surface area contributed by atoms with Crippen molar-refractivity contribution in [3.63, 3.8) is 0 Å². The highest BCUT2D eigenvalue weighted by Gasteiger charge is 2.36. The molecule has 1 saturated carbocycles. The third kappa shape index (κ3) is 4.73. The molecule has 0 bridgehead atoms. The average Bonchev–Trinajstić information content (AvgIpc) is 2.28. The van der Waals surface area contributed by atoms with Crippen molar-refractivity contribution in [1.82, 2.24) is 4.90 Å². The van der Waals surface area contributed by atoms with Gasteiger partial charge in [0.1, 0.15) is 0 Å². The third-order valence-electron chi connectivity index (χ3n) is 5.70. The van der Waals surface area contributed by atoms with Gasteiger partial charge in [-0.15, -0.1) is 0 Å². The zero-order valence-electron chi connectivity index (χ0n) is 15.2. The molecule has 4 atom stereocenters. The van der Waals surface area contributed by atoms with Gasteiger partial charge >= 0.3 is 0 Å². The summed E-state index contributed by atoms with van der Waals surface area (Å²) in [5.41, 5.74) is 7.17. The van der Waals surface area contributed by atoms with Crippen molar-refractivity contribution in [2.24, 2.45) is 28.4 Å². The summed E-state index contributed by atoms with van der Waals surface area (Å²) in [5.74, 6) is 1.48. The number of rotatable bonds is 3. The summed E-state index contributed by atoms with van der Waals surface area (Å²) in [6.45, 7) is 17.6. The summed E-state index contributed by atoms with van der Waals surface area (Å²) in [6, 6.07) is 0.980. The zero-order chi connectivity index (χ0) is 15.7. The maximum atomic E-state index is 6.42. The van der Waals surface area contributed by atoms with Gasteiger partial charge < -0.3 is 10.6 Å². The molecule has 0 aliphatic heterocycles. The van der Waals surface area contributed by atoms with E-state index in [2.05, 4.69) is 60.4 Å². The van der Waals surface area contributed by atoms with Crippen LogP contribution in [0.25, 0.3) is 0 Å². The molecule has 0 aromatic heterocycles. The molecule has 1 fully saturated rings. The fourth-order valence-electron chi connectivity index (χ4n) is 3.47. The summed E-state index contributed by atoms with van der Waals surface area (Å²) in [7, 11) is 2.27. The highest BCUT2D eigenvalue weighted by atomic mass is 15.1. The average molecular weight is 283 g/mol. The quantitative estimate of drug-likeness (QED) is 0.843. The molecule has 120 valence electrons. The van der Waals surface area contributed by atoms with Crippen molar-refractivity contribution < 1.29 is 0 Å². The van der Waals surface area contributed by atoms with Crippen LogP contribution in [0.5, 0.6) is 0 Å². The lowest BCUT2D eigenvalue weighted by atomic mass is 9.67. The Bertz CT molecular complexity index is 298. The van der Waals surface area contributed by atoms with Crippen LogP contribution in [0.2, 0.25) is 0 Å². The summed E-state index contributed by atoms with van der Waals surface area (Å²) in [4.78, 5) is 2.52. The molecule has 0 amide bonds. The molecule has 2 nitrogen and oxygen atoms in total. The normalized spacial score (nSPS) is 30.6. The number of hydrogen-bond acceptors (Lipinski definition) is 2. The van der Waals surface area contributed by atoms with Crippen LogP contribution in [0.3, 0.4) is 0 Å². The van der Waals surface area contributed by atoms with Gasteiger partial charge in [-0.25, -0.2) is 0 Å². The minimum Gasteiger partial charge on any atom is -0.327 e. The molecule has 4 unspecified atom stereocenters. The van der Waals surface area contributed by atoms with Gasteiger partial charge in [-0.2, -0.15) is 0 Å². The van der Waals surface area contributed by atoms with Gasteiger partial charge in [0.05, 0.1) is 0 Å². The lowest BCUT2D eigenvalue weighted by molar-refractivity contribution is 0.0719. The van der Waals surface area contributed by atoms with Gasteiger partial charge in [-0.3, -0.25) is 0 Å². The van der Waals surface area contributed by atoms with Crippen LogP contribution in [0.1, 0.15) is 67.7 Å². The van der Waals surface area contributed by atoms with Crippen LogP contribution in [0.4, 0.5) is 0 Å². The van der Waals surface area contributed by atoms with E-state index in [1.54, 1.807) is 0 Å². The van der Waals surface area contributed by atoms with E-state index >= 15 is 0 Å². The molecule has 0 radical (unpaired) electrons. The fourth-order valence-corrected chi connectivity index (χ4v) is 3.47. The van der Waals surface area contributed by atoms with E-state index in [1.165, 1.54) is 19.3 Å². The molecule has 0 aromatic rings. The molecule has 1 aliphatic rings. The van der Waals surface area contributed by atoms with E-state index in [1.807, 2.05) is 0 Å². The summed E-state index contributed by atoms with van der Waals surface area (Å²) < 4.78 is 0. The van der Waals surface area contributed by atoms with E-state index in [0.29, 0.717) is 28.8 Å². The van der Waals surface area contributed by atoms with Crippen LogP contribution in [-0.4, -0.2) is 30.6 Å². The Hall–Kier alpha value is -0.0800. The molecule has 20 heavy (non-hydrogen) atoms. The van der Waals surface area contributed by atoms with Crippen molar-refractivity contribution in [1.29, 1.82) is 0 Å². The zero-order valence-corrected chi connectivity index (χ0v) is 15.2. The predicted octanol–water partition coefficient (Wildman–Crippen LogP) is 4.14. The van der Waals surface area contributed by atoms with Gasteiger partial charge in [0, 0.05) is 18.6 Å². The molecule has 0 aromatic carbocycles. The first-order valence-corrected chi connectivity index (χ1v) is 8.38. The van der Waals surface area contributed by atoms with Gasteiger partial charge in [0.2, 0.25) is 0 Å². The Morgan fingerprint density at radius 1 is 1.10 bits per heavy atom. The van der Waals surface area contributed by atoms with Crippen LogP contribution >= 0.6 is 0 Å². The monoisotopic (exact) mass is 282 g/mol. The Morgan fingerprint density at radius 3 is 2.10 bits per heavy atom. The summed E-state index contributed by atoms with van der Waals surface area (Å²) >= 11 is 0. The Morgan fingerprint density at radius 2 is 1.65 bits per heavy atom. The van der Waals surface area contributed by atoms with E-state index in [9.17, 15) is 0 Å². The molecule has 1 rings (SSSR count). The Labute approximate surface area is 127 Å². The molecular formula is C18H38N2. The van der Waals surface area contributed by atoms with Gasteiger partial charge in [-0.05, 0) is 55.9 Å². The maximum absolute atomic E-state index is 6.42. The molecule has 2 heteroatoms. The van der Waals surface area contributed by atoms with E-state index < -0.39 is 0 Å². The second-order valence-electron chi connectivity index (χ2n) is 9.28. The van der Waals surface area contributed by atoms with Crippen LogP contribution in [-0.2, 0) is 0 Å². The van der Waals surface area contributed by atoms with Crippen molar-refractivity contribution >= 4 is 0 Å². The second kappa shape index (κ2) is 6.36. The molecule has 1 aliphatic carbocycles. The minimum absolute atomic E-state index is 0.330. The highest BCUT2D eigenvalue weighted by molar-refractivity contribution is 4.90. The van der Waals surface area contributed by atoms with E-state index in [0.717, 1.165) is 12.5 Å². The standard InChI is InChI=1S/C18H38N2/c1-13(17(2,3)4)20(8)12-14-11-15(18(5,6)7)9-10-16(14)19/h13-16H,9-12,19H2,1-8H3. The lowest BCUT2D eigenvalue weighted by Gasteiger charge is -2.44. The van der Waals surface area contributed by atoms with Crippen molar-refractivity contribution in [3.05, 3.63) is 0 Å². The van der Waals surface area contributed by atoms with Gasteiger partial charge in [0.25, 0.3) is 0 Å². The maximum Gasteiger partial charge on any atom is 0.0112 e. The topological polar surface area (TPSA) is 29.3 Å². The number of hydrogen-bond donors (Lipinski definition) is 1. The van der Waals surface area contributed by atoms with Crippen LogP contribution in [0, 0.1) is 22.7 Å². The number of nitrogens with two attached hydrogens (primary N) is 1. The van der Waals surface area contributed by atoms with Crippen LogP contribution < -0.4 is 5.73 Å². The minimum atomic E-state index is 0.330. The Balaban J connectivity index is 2.65. The highest BCUT2D eigenvalue weighted by Crippen LogP contribution is 2.40. The molecule has 2 N–H and O–H groups in total. The van der Waals surface area contributed by atoms with Crippen LogP contribution in [0.15, 0.2) is 0 Å². The smallest absolute Gasteiger partial charge is 0.0112 e. The first kappa shape index (κ1) is 18.0. The first-order chi connectivity index (χ1) is 8.93. The summed E-state index contributed by atoms with van der Waals surface area (Å²) in [5, 5.41) is 0.